The molecule has 1 saturated heterocycles. The van der Waals surface area contributed by atoms with Crippen LogP contribution in [0.2, 0.25) is 0 Å². The summed E-state index contributed by atoms with van der Waals surface area (Å²) in [7, 11) is 0. The maximum absolute atomic E-state index is 13.7. The number of hydrogen-bond acceptors (Lipinski definition) is 7. The average molecular weight is 500 g/mol. The molecule has 12 heteroatoms. The van der Waals surface area contributed by atoms with Crippen LogP contribution in [0.25, 0.3) is 11.4 Å². The van der Waals surface area contributed by atoms with E-state index in [2.05, 4.69) is 22.2 Å². The number of alkyl halides is 3. The summed E-state index contributed by atoms with van der Waals surface area (Å²) >= 11 is 0. The van der Waals surface area contributed by atoms with Crippen LogP contribution in [0.1, 0.15) is 75.8 Å². The minimum Gasteiger partial charge on any atom is -0.493 e. The van der Waals surface area contributed by atoms with E-state index in [-0.39, 0.29) is 42.1 Å². The first-order chi connectivity index (χ1) is 16.8. The van der Waals surface area contributed by atoms with Crippen molar-refractivity contribution in [1.29, 1.82) is 0 Å². The minimum absolute atomic E-state index is 0.0515. The van der Waals surface area contributed by atoms with Crippen LogP contribution >= 0.6 is 0 Å². The molecule has 9 nitrogen and oxygen atoms in total. The molecule has 1 aromatic carbocycles. The SMILES string of the molecule is CCCCCCCCCOc1ccc(-c2noc([C@@H]3[C@@H](O)CCN3/C(N)=N/O)n2)cc1C(F)(F)F. The largest absolute Gasteiger partial charge is 0.493 e. The van der Waals surface area contributed by atoms with Crippen LogP contribution in [0.15, 0.2) is 27.9 Å². The Morgan fingerprint density at radius 1 is 1.23 bits per heavy atom. The number of nitrogens with two attached hydrogens (primary N) is 1. The van der Waals surface area contributed by atoms with Crippen molar-refractivity contribution in [3.63, 3.8) is 0 Å². The minimum atomic E-state index is -4.64. The van der Waals surface area contributed by atoms with Gasteiger partial charge in [-0.2, -0.15) is 18.2 Å². The molecule has 2 aromatic rings. The molecular formula is C23H32F3N5O4. The highest BCUT2D eigenvalue weighted by molar-refractivity contribution is 5.78. The number of guanidine groups is 1. The van der Waals surface area contributed by atoms with Crippen molar-refractivity contribution in [3.8, 4) is 17.1 Å². The normalized spacial score (nSPS) is 18.9. The Hall–Kier alpha value is -3.02. The summed E-state index contributed by atoms with van der Waals surface area (Å²) < 4.78 is 51.9. The first kappa shape index (κ1) is 26.6. The molecule has 1 aliphatic heterocycles. The molecule has 1 fully saturated rings. The van der Waals surface area contributed by atoms with Gasteiger partial charge in [0.1, 0.15) is 11.8 Å². The summed E-state index contributed by atoms with van der Waals surface area (Å²) in [5, 5.41) is 25.9. The van der Waals surface area contributed by atoms with Crippen LogP contribution in [0.5, 0.6) is 5.75 Å². The molecule has 1 aliphatic rings. The quantitative estimate of drug-likeness (QED) is 0.133. The fraction of sp³-hybridized carbons (Fsp3) is 0.609. The molecule has 0 aliphatic carbocycles. The van der Waals surface area contributed by atoms with E-state index < -0.39 is 23.9 Å². The zero-order valence-electron chi connectivity index (χ0n) is 19.7. The Morgan fingerprint density at radius 2 is 1.94 bits per heavy atom. The number of rotatable bonds is 11. The van der Waals surface area contributed by atoms with Gasteiger partial charge in [0, 0.05) is 12.1 Å². The van der Waals surface area contributed by atoms with Crippen LogP contribution in [-0.2, 0) is 6.18 Å². The van der Waals surface area contributed by atoms with Gasteiger partial charge in [0.25, 0.3) is 5.89 Å². The van der Waals surface area contributed by atoms with Crippen LogP contribution in [0.3, 0.4) is 0 Å². The Kier molecular flexibility index (Phi) is 9.19. The molecule has 2 atom stereocenters. The molecular weight excluding hydrogens is 467 g/mol. The maximum atomic E-state index is 13.7. The molecule has 0 amide bonds. The lowest BCUT2D eigenvalue weighted by molar-refractivity contribution is -0.138. The smallest absolute Gasteiger partial charge is 0.419 e. The van der Waals surface area contributed by atoms with Crippen molar-refractivity contribution >= 4 is 5.96 Å². The lowest BCUT2D eigenvalue weighted by Crippen LogP contribution is -2.38. The van der Waals surface area contributed by atoms with Gasteiger partial charge in [-0.25, -0.2) is 0 Å². The third-order valence-corrected chi connectivity index (χ3v) is 6.01. The predicted octanol–water partition coefficient (Wildman–Crippen LogP) is 4.70. The number of halogens is 3. The number of benzene rings is 1. The third kappa shape index (κ3) is 6.77. The van der Waals surface area contributed by atoms with Crippen LogP contribution in [-0.4, -0.2) is 50.6 Å². The molecule has 35 heavy (non-hydrogen) atoms. The predicted molar refractivity (Wildman–Crippen MR) is 122 cm³/mol. The Balaban J connectivity index is 1.70. The van der Waals surface area contributed by atoms with Gasteiger partial charge in [-0.15, -0.1) is 0 Å². The second-order valence-corrected chi connectivity index (χ2v) is 8.59. The first-order valence-electron chi connectivity index (χ1n) is 11.9. The van der Waals surface area contributed by atoms with Crippen LogP contribution < -0.4 is 10.5 Å². The summed E-state index contributed by atoms with van der Waals surface area (Å²) in [5.41, 5.74) is 4.80. The van der Waals surface area contributed by atoms with Crippen LogP contribution in [0, 0.1) is 0 Å². The first-order valence-corrected chi connectivity index (χ1v) is 11.9. The maximum Gasteiger partial charge on any atom is 0.419 e. The second kappa shape index (κ2) is 12.1. The number of ether oxygens (including phenoxy) is 1. The number of aliphatic hydroxyl groups is 1. The summed E-state index contributed by atoms with van der Waals surface area (Å²) in [6.45, 7) is 2.63. The zero-order chi connectivity index (χ0) is 25.4. The molecule has 3 rings (SSSR count). The van der Waals surface area contributed by atoms with E-state index in [1.54, 1.807) is 0 Å². The Bertz CT molecular complexity index is 982. The van der Waals surface area contributed by atoms with Crippen molar-refractivity contribution < 1.29 is 32.7 Å². The number of hydrogen-bond donors (Lipinski definition) is 3. The van der Waals surface area contributed by atoms with E-state index in [1.807, 2.05) is 0 Å². The highest BCUT2D eigenvalue weighted by atomic mass is 19.4. The van der Waals surface area contributed by atoms with Gasteiger partial charge < -0.3 is 30.2 Å². The number of oxime groups is 1. The van der Waals surface area contributed by atoms with E-state index in [9.17, 15) is 18.3 Å². The Morgan fingerprint density at radius 3 is 2.63 bits per heavy atom. The number of aliphatic hydroxyl groups excluding tert-OH is 1. The van der Waals surface area contributed by atoms with Crippen molar-refractivity contribution in [2.75, 3.05) is 13.2 Å². The highest BCUT2D eigenvalue weighted by Crippen LogP contribution is 2.39. The van der Waals surface area contributed by atoms with Gasteiger partial charge in [0.05, 0.1) is 18.3 Å². The van der Waals surface area contributed by atoms with Gasteiger partial charge in [-0.05, 0) is 31.0 Å². The van der Waals surface area contributed by atoms with Crippen molar-refractivity contribution in [2.45, 2.75) is 76.6 Å². The van der Waals surface area contributed by atoms with E-state index in [0.717, 1.165) is 25.3 Å². The van der Waals surface area contributed by atoms with Gasteiger partial charge in [-0.3, -0.25) is 0 Å². The summed E-state index contributed by atoms with van der Waals surface area (Å²) in [6, 6.07) is 2.72. The average Bonchev–Trinajstić information content (AvgIpc) is 3.46. The number of nitrogens with zero attached hydrogens (tertiary/aromatic N) is 4. The fourth-order valence-electron chi connectivity index (χ4n) is 4.12. The zero-order valence-corrected chi connectivity index (χ0v) is 19.7. The number of unbranched alkanes of at least 4 members (excludes halogenated alkanes) is 6. The summed E-state index contributed by atoms with van der Waals surface area (Å²) in [6.07, 6.45) is 2.03. The summed E-state index contributed by atoms with van der Waals surface area (Å²) in [4.78, 5) is 5.55. The van der Waals surface area contributed by atoms with E-state index in [0.29, 0.717) is 12.8 Å². The van der Waals surface area contributed by atoms with Crippen molar-refractivity contribution in [2.24, 2.45) is 10.9 Å². The lowest BCUT2D eigenvalue weighted by atomic mass is 10.1. The molecule has 194 valence electrons. The molecule has 0 bridgehead atoms. The molecule has 0 saturated carbocycles. The molecule has 2 heterocycles. The molecule has 1 aromatic heterocycles. The van der Waals surface area contributed by atoms with Gasteiger partial charge in [0.15, 0.2) is 0 Å². The van der Waals surface area contributed by atoms with Crippen molar-refractivity contribution in [3.05, 3.63) is 29.7 Å². The molecule has 0 radical (unpaired) electrons. The molecule has 0 spiro atoms. The van der Waals surface area contributed by atoms with E-state index >= 15 is 0 Å². The lowest BCUT2D eigenvalue weighted by Gasteiger charge is -2.22. The standard InChI is InChI=1S/C23H32F3N5O4/c1-2-3-4-5-6-7-8-13-34-18-10-9-15(14-16(18)23(24,25)26)20-28-21(35-30-20)19-17(32)11-12-31(19)22(27)29-33/h9-10,14,17,19,32-33H,2-8,11-13H2,1H3,(H2,27,29)/t17-,19-/m0/s1. The van der Waals surface area contributed by atoms with E-state index in [4.69, 9.17) is 20.2 Å². The number of likely N-dealkylation sites (tertiary alicyclic amines) is 1. The van der Waals surface area contributed by atoms with E-state index in [1.165, 1.54) is 36.3 Å². The monoisotopic (exact) mass is 499 g/mol. The topological polar surface area (TPSA) is 130 Å². The van der Waals surface area contributed by atoms with Crippen LogP contribution in [0.4, 0.5) is 13.2 Å². The summed E-state index contributed by atoms with van der Waals surface area (Å²) in [5.74, 6) is -0.625. The van der Waals surface area contributed by atoms with Gasteiger partial charge in [-0.1, -0.05) is 55.8 Å². The Labute approximate surface area is 201 Å². The second-order valence-electron chi connectivity index (χ2n) is 8.59. The van der Waals surface area contributed by atoms with Gasteiger partial charge >= 0.3 is 6.18 Å². The van der Waals surface area contributed by atoms with Crippen molar-refractivity contribution in [1.82, 2.24) is 15.0 Å². The molecule has 4 N–H and O–H groups in total. The third-order valence-electron chi connectivity index (χ3n) is 6.01. The molecule has 0 unspecified atom stereocenters. The fourth-order valence-corrected chi connectivity index (χ4v) is 4.12. The highest BCUT2D eigenvalue weighted by Gasteiger charge is 2.40. The number of aromatic nitrogens is 2. The van der Waals surface area contributed by atoms with Gasteiger partial charge in [0.2, 0.25) is 11.8 Å².